The van der Waals surface area contributed by atoms with Gasteiger partial charge in [-0.05, 0) is 107 Å². The third kappa shape index (κ3) is 5.41. The Morgan fingerprint density at radius 1 is 1.23 bits per heavy atom. The molecule has 1 aromatic heterocycles. The normalized spacial score (nSPS) is 21.6. The number of aromatic amines is 1. The van der Waals surface area contributed by atoms with Crippen molar-refractivity contribution in [1.29, 1.82) is 0 Å². The van der Waals surface area contributed by atoms with Crippen molar-refractivity contribution in [1.82, 2.24) is 14.8 Å². The van der Waals surface area contributed by atoms with Crippen LogP contribution < -0.4 is 0 Å². The van der Waals surface area contributed by atoms with E-state index in [0.29, 0.717) is 17.0 Å². The molecule has 5 nitrogen and oxygen atoms in total. The topological polar surface area (TPSA) is 56.4 Å². The first-order chi connectivity index (χ1) is 16.7. The van der Waals surface area contributed by atoms with Crippen LogP contribution in [-0.4, -0.2) is 60.2 Å². The largest absolute Gasteiger partial charge is 0.358 e. The number of rotatable bonds is 6. The third-order valence-corrected chi connectivity index (χ3v) is 8.04. The number of hydrogen-bond acceptors (Lipinski definition) is 3. The molecule has 1 saturated heterocycles. The summed E-state index contributed by atoms with van der Waals surface area (Å²) in [6.07, 6.45) is 6.67. The monoisotopic (exact) mass is 495 g/mol. The summed E-state index contributed by atoms with van der Waals surface area (Å²) in [4.78, 5) is 34.4. The van der Waals surface area contributed by atoms with Crippen LogP contribution in [0.25, 0.3) is 11.6 Å². The number of carbonyl (C=O) groups is 2. The Morgan fingerprint density at radius 2 is 1.94 bits per heavy atom. The summed E-state index contributed by atoms with van der Waals surface area (Å²) in [6, 6.07) is 5.95. The summed E-state index contributed by atoms with van der Waals surface area (Å²) >= 11 is 6.42. The van der Waals surface area contributed by atoms with Crippen molar-refractivity contribution < 1.29 is 9.59 Å². The van der Waals surface area contributed by atoms with Crippen molar-refractivity contribution in [3.05, 3.63) is 56.9 Å². The molecule has 0 bridgehead atoms. The average molecular weight is 496 g/mol. The van der Waals surface area contributed by atoms with Gasteiger partial charge in [-0.15, -0.1) is 0 Å². The number of Topliss-reactive ketones (excluding diaryl/α,β-unsaturated/α-hetero) is 1. The number of allylic oxidation sites excluding steroid dienone is 1. The van der Waals surface area contributed by atoms with Gasteiger partial charge in [0.1, 0.15) is 0 Å². The van der Waals surface area contributed by atoms with E-state index in [1.54, 1.807) is 0 Å². The number of carbonyl (C=O) groups excluding carboxylic acids is 2. The molecule has 2 unspecified atom stereocenters. The number of H-pyrrole nitrogens is 1. The summed E-state index contributed by atoms with van der Waals surface area (Å²) < 4.78 is 0. The van der Waals surface area contributed by atoms with Crippen molar-refractivity contribution in [3.63, 3.8) is 0 Å². The van der Waals surface area contributed by atoms with Gasteiger partial charge in [0.25, 0.3) is 5.91 Å². The van der Waals surface area contributed by atoms with E-state index in [2.05, 4.69) is 37.0 Å². The van der Waals surface area contributed by atoms with E-state index >= 15 is 0 Å². The fourth-order valence-electron chi connectivity index (χ4n) is 5.73. The highest BCUT2D eigenvalue weighted by Crippen LogP contribution is 2.42. The maximum absolute atomic E-state index is 13.7. The lowest BCUT2D eigenvalue weighted by atomic mass is 9.82. The number of amides is 1. The van der Waals surface area contributed by atoms with Gasteiger partial charge in [-0.2, -0.15) is 0 Å². The molecule has 2 heterocycles. The van der Waals surface area contributed by atoms with Gasteiger partial charge in [-0.3, -0.25) is 9.59 Å². The van der Waals surface area contributed by atoms with Crippen molar-refractivity contribution in [2.75, 3.05) is 33.7 Å². The van der Waals surface area contributed by atoms with Crippen LogP contribution in [0.1, 0.15) is 83.4 Å². The van der Waals surface area contributed by atoms with Crippen molar-refractivity contribution in [3.8, 4) is 0 Å². The van der Waals surface area contributed by atoms with Gasteiger partial charge < -0.3 is 14.8 Å². The van der Waals surface area contributed by atoms with Gasteiger partial charge in [-0.1, -0.05) is 24.6 Å². The number of benzene rings is 1. The number of aryl methyl sites for hydroxylation is 1. The number of halogens is 1. The molecular weight excluding hydrogens is 458 g/mol. The number of nitrogens with one attached hydrogen (secondary N) is 1. The molecule has 1 N–H and O–H groups in total. The fraction of sp³-hybridized carbons (Fsp3) is 0.517. The molecule has 1 aromatic carbocycles. The number of aromatic nitrogens is 1. The lowest BCUT2D eigenvalue weighted by Crippen LogP contribution is -2.28. The highest BCUT2D eigenvalue weighted by Gasteiger charge is 2.32. The van der Waals surface area contributed by atoms with Crippen molar-refractivity contribution >= 4 is 34.9 Å². The van der Waals surface area contributed by atoms with Crippen LogP contribution in [0.4, 0.5) is 0 Å². The molecule has 0 radical (unpaired) electrons. The zero-order chi connectivity index (χ0) is 25.3. The third-order valence-electron chi connectivity index (χ3n) is 7.80. The first-order valence-electron chi connectivity index (χ1n) is 12.8. The summed E-state index contributed by atoms with van der Waals surface area (Å²) in [7, 11) is 4.17. The summed E-state index contributed by atoms with van der Waals surface area (Å²) in [6.45, 7) is 8.81. The number of fused-ring (bicyclic) bond motifs is 1. The lowest BCUT2D eigenvalue weighted by Gasteiger charge is -2.23. The molecule has 1 aliphatic heterocycles. The van der Waals surface area contributed by atoms with Crippen LogP contribution in [0.2, 0.25) is 5.02 Å². The van der Waals surface area contributed by atoms with Gasteiger partial charge in [0.15, 0.2) is 5.78 Å². The highest BCUT2D eigenvalue weighted by molar-refractivity contribution is 6.32. The van der Waals surface area contributed by atoms with Gasteiger partial charge in [-0.25, -0.2) is 0 Å². The predicted molar refractivity (Wildman–Crippen MR) is 144 cm³/mol. The second-order valence-electron chi connectivity index (χ2n) is 10.6. The molecule has 1 amide bonds. The van der Waals surface area contributed by atoms with Crippen LogP contribution in [0.3, 0.4) is 0 Å². The van der Waals surface area contributed by atoms with Gasteiger partial charge in [0, 0.05) is 41.5 Å². The Morgan fingerprint density at radius 3 is 2.63 bits per heavy atom. The molecule has 0 saturated carbocycles. The SMILES string of the molecule is Cc1[nH]c(C=C2C(=O)CC(CCCN(C)C)C(C)c3ccc(Cl)cc32)c(C)c1C(=O)N1CCCC1. The smallest absolute Gasteiger partial charge is 0.255 e. The Hall–Kier alpha value is -2.37. The zero-order valence-corrected chi connectivity index (χ0v) is 22.5. The minimum Gasteiger partial charge on any atom is -0.358 e. The van der Waals surface area contributed by atoms with E-state index in [1.807, 2.05) is 37.0 Å². The predicted octanol–water partition coefficient (Wildman–Crippen LogP) is 6.10. The summed E-state index contributed by atoms with van der Waals surface area (Å²) in [5.74, 6) is 0.778. The van der Waals surface area contributed by atoms with Crippen LogP contribution in [-0.2, 0) is 4.79 Å². The molecule has 1 fully saturated rings. The van der Waals surface area contributed by atoms with E-state index in [1.165, 1.54) is 5.56 Å². The molecule has 1 aliphatic carbocycles. The highest BCUT2D eigenvalue weighted by atomic mass is 35.5. The molecule has 4 rings (SSSR count). The Labute approximate surface area is 214 Å². The van der Waals surface area contributed by atoms with Crippen LogP contribution in [0, 0.1) is 19.8 Å². The number of hydrogen-bond donors (Lipinski definition) is 1. The fourth-order valence-corrected chi connectivity index (χ4v) is 5.90. The Kier molecular flexibility index (Phi) is 7.87. The second kappa shape index (κ2) is 10.7. The second-order valence-corrected chi connectivity index (χ2v) is 11.0. The van der Waals surface area contributed by atoms with E-state index in [0.717, 1.165) is 73.4 Å². The first kappa shape index (κ1) is 25.7. The number of likely N-dealkylation sites (tertiary alicyclic amines) is 1. The van der Waals surface area contributed by atoms with Gasteiger partial charge in [0.05, 0.1) is 5.56 Å². The summed E-state index contributed by atoms with van der Waals surface area (Å²) in [5, 5.41) is 0.630. The molecule has 2 atom stereocenters. The van der Waals surface area contributed by atoms with Crippen molar-refractivity contribution in [2.24, 2.45) is 5.92 Å². The quantitative estimate of drug-likeness (QED) is 0.389. The van der Waals surface area contributed by atoms with Crippen LogP contribution >= 0.6 is 11.6 Å². The number of nitrogens with zero attached hydrogens (tertiary/aromatic N) is 2. The molecule has 2 aromatic rings. The van der Waals surface area contributed by atoms with E-state index in [-0.39, 0.29) is 23.5 Å². The Balaban J connectivity index is 1.73. The molecule has 188 valence electrons. The molecule has 0 spiro atoms. The van der Waals surface area contributed by atoms with E-state index in [9.17, 15) is 9.59 Å². The minimum absolute atomic E-state index is 0.0867. The lowest BCUT2D eigenvalue weighted by molar-refractivity contribution is -0.114. The number of ketones is 1. The average Bonchev–Trinajstić information content (AvgIpc) is 3.41. The van der Waals surface area contributed by atoms with Crippen molar-refractivity contribution in [2.45, 2.75) is 58.8 Å². The molecule has 6 heteroatoms. The molecule has 35 heavy (non-hydrogen) atoms. The summed E-state index contributed by atoms with van der Waals surface area (Å²) in [5.41, 5.74) is 6.12. The van der Waals surface area contributed by atoms with Gasteiger partial charge in [0.2, 0.25) is 0 Å². The Bertz CT molecular complexity index is 1140. The minimum atomic E-state index is 0.0867. The zero-order valence-electron chi connectivity index (χ0n) is 21.7. The van der Waals surface area contributed by atoms with Gasteiger partial charge >= 0.3 is 0 Å². The van der Waals surface area contributed by atoms with Crippen LogP contribution in [0.15, 0.2) is 18.2 Å². The first-order valence-corrected chi connectivity index (χ1v) is 13.2. The molecular formula is C29H38ClN3O2. The standard InChI is InChI=1S/C29H38ClN3O2/c1-18-21(9-8-12-32(4)5)15-27(34)25(24-16-22(30)10-11-23(18)24)17-26-19(2)28(20(3)31-26)29(35)33-13-6-7-14-33/h10-11,16-18,21,31H,6-9,12-15H2,1-5H3. The molecule has 2 aliphatic rings. The maximum atomic E-state index is 13.7. The van der Waals surface area contributed by atoms with E-state index < -0.39 is 0 Å². The maximum Gasteiger partial charge on any atom is 0.255 e. The van der Waals surface area contributed by atoms with E-state index in [4.69, 9.17) is 11.6 Å². The van der Waals surface area contributed by atoms with Crippen LogP contribution in [0.5, 0.6) is 0 Å².